The topological polar surface area (TPSA) is 98.5 Å². The standard InChI is InChI=1S/C26H38ClN7O3Si/c1-18-16-32(10-11-33(18)25(35)37-26(2,3)4)21-9-8-19(14-28-21)22-23-20(15-29-24(27)30-23)34(31-22)17-36-12-13-38(5,6)7/h8-9,14-15,18H,10-13,16-17H2,1-7H3/t18-/m1/s1. The van der Waals surface area contributed by atoms with Gasteiger partial charge in [-0.25, -0.2) is 24.4 Å². The molecular weight excluding hydrogens is 522 g/mol. The lowest BCUT2D eigenvalue weighted by atomic mass is 10.1. The van der Waals surface area contributed by atoms with Crippen molar-refractivity contribution in [2.24, 2.45) is 0 Å². The minimum Gasteiger partial charge on any atom is -0.444 e. The van der Waals surface area contributed by atoms with Gasteiger partial charge in [-0.3, -0.25) is 0 Å². The smallest absolute Gasteiger partial charge is 0.410 e. The van der Waals surface area contributed by atoms with Gasteiger partial charge in [-0.15, -0.1) is 0 Å². The molecule has 38 heavy (non-hydrogen) atoms. The molecule has 0 aromatic carbocycles. The van der Waals surface area contributed by atoms with Crippen LogP contribution in [0.4, 0.5) is 10.6 Å². The van der Waals surface area contributed by atoms with E-state index in [1.54, 1.807) is 22.0 Å². The lowest BCUT2D eigenvalue weighted by Gasteiger charge is -2.40. The molecule has 0 saturated carbocycles. The van der Waals surface area contributed by atoms with Crippen molar-refractivity contribution in [2.75, 3.05) is 31.1 Å². The van der Waals surface area contributed by atoms with Crippen molar-refractivity contribution in [2.45, 2.75) is 71.8 Å². The van der Waals surface area contributed by atoms with E-state index in [1.165, 1.54) is 0 Å². The van der Waals surface area contributed by atoms with E-state index in [0.717, 1.165) is 22.9 Å². The third-order valence-electron chi connectivity index (χ3n) is 6.27. The molecule has 4 heterocycles. The first-order valence-electron chi connectivity index (χ1n) is 13.0. The summed E-state index contributed by atoms with van der Waals surface area (Å²) in [6, 6.07) is 5.04. The third-order valence-corrected chi connectivity index (χ3v) is 8.16. The first-order valence-corrected chi connectivity index (χ1v) is 17.1. The van der Waals surface area contributed by atoms with Gasteiger partial charge >= 0.3 is 6.09 Å². The summed E-state index contributed by atoms with van der Waals surface area (Å²) < 4.78 is 13.3. The maximum atomic E-state index is 12.6. The number of carbonyl (C=O) groups excluding carboxylic acids is 1. The number of amides is 1. The molecule has 12 heteroatoms. The summed E-state index contributed by atoms with van der Waals surface area (Å²) in [6.07, 6.45) is 3.20. The molecule has 1 fully saturated rings. The largest absolute Gasteiger partial charge is 0.444 e. The van der Waals surface area contributed by atoms with Crippen LogP contribution in [0.5, 0.6) is 0 Å². The number of hydrogen-bond donors (Lipinski definition) is 0. The van der Waals surface area contributed by atoms with Crippen LogP contribution in [0.3, 0.4) is 0 Å². The molecule has 1 atom stereocenters. The van der Waals surface area contributed by atoms with Gasteiger partial charge in [0.15, 0.2) is 0 Å². The summed E-state index contributed by atoms with van der Waals surface area (Å²) in [5.41, 5.74) is 2.41. The molecule has 3 aromatic heterocycles. The number of carbonyl (C=O) groups is 1. The van der Waals surface area contributed by atoms with E-state index in [1.807, 2.05) is 39.8 Å². The molecule has 1 aliphatic rings. The molecule has 0 spiro atoms. The van der Waals surface area contributed by atoms with Crippen LogP contribution < -0.4 is 4.90 Å². The number of pyridine rings is 1. The van der Waals surface area contributed by atoms with E-state index in [-0.39, 0.29) is 17.4 Å². The molecule has 206 valence electrons. The first kappa shape index (κ1) is 28.3. The Hall–Kier alpha value is -2.76. The van der Waals surface area contributed by atoms with Gasteiger partial charge in [-0.1, -0.05) is 19.6 Å². The number of anilines is 1. The quantitative estimate of drug-likeness (QED) is 0.218. The molecule has 0 radical (unpaired) electrons. The second kappa shape index (κ2) is 11.2. The van der Waals surface area contributed by atoms with E-state index in [2.05, 4.69) is 34.5 Å². The summed E-state index contributed by atoms with van der Waals surface area (Å²) >= 11 is 6.13. The maximum absolute atomic E-state index is 12.6. The summed E-state index contributed by atoms with van der Waals surface area (Å²) in [5.74, 6) is 0.843. The second-order valence-electron chi connectivity index (χ2n) is 11.9. The van der Waals surface area contributed by atoms with Crippen LogP contribution in [0.2, 0.25) is 31.0 Å². The minimum absolute atomic E-state index is 0.000453. The monoisotopic (exact) mass is 559 g/mol. The summed E-state index contributed by atoms with van der Waals surface area (Å²) in [6.45, 7) is 17.6. The molecule has 0 unspecified atom stereocenters. The molecule has 1 saturated heterocycles. The van der Waals surface area contributed by atoms with Crippen molar-refractivity contribution >= 4 is 42.6 Å². The minimum atomic E-state index is -1.18. The normalized spacial score (nSPS) is 16.8. The van der Waals surface area contributed by atoms with Crippen LogP contribution in [0, 0.1) is 0 Å². The van der Waals surface area contributed by atoms with Crippen LogP contribution in [0.25, 0.3) is 22.3 Å². The Morgan fingerprint density at radius 1 is 1.16 bits per heavy atom. The molecule has 1 amide bonds. The van der Waals surface area contributed by atoms with Crippen LogP contribution in [0.1, 0.15) is 27.7 Å². The van der Waals surface area contributed by atoms with Gasteiger partial charge in [0, 0.05) is 52.1 Å². The number of ether oxygens (including phenoxy) is 2. The number of nitrogens with zero attached hydrogens (tertiary/aromatic N) is 7. The fourth-order valence-electron chi connectivity index (χ4n) is 4.23. The molecule has 1 aliphatic heterocycles. The lowest BCUT2D eigenvalue weighted by Crippen LogP contribution is -2.55. The van der Waals surface area contributed by atoms with Crippen molar-refractivity contribution in [3.05, 3.63) is 29.8 Å². The molecule has 10 nitrogen and oxygen atoms in total. The number of piperazine rings is 1. The molecule has 0 aliphatic carbocycles. The van der Waals surface area contributed by atoms with Gasteiger partial charge in [-0.2, -0.15) is 5.10 Å². The Morgan fingerprint density at radius 2 is 1.92 bits per heavy atom. The van der Waals surface area contributed by atoms with E-state index in [0.29, 0.717) is 44.2 Å². The fraction of sp³-hybridized carbons (Fsp3) is 0.577. The number of hydrogen-bond acceptors (Lipinski definition) is 8. The van der Waals surface area contributed by atoms with Gasteiger partial charge in [0.05, 0.1) is 6.20 Å². The molecule has 3 aromatic rings. The molecule has 4 rings (SSSR count). The fourth-order valence-corrected chi connectivity index (χ4v) is 5.12. The van der Waals surface area contributed by atoms with Crippen LogP contribution >= 0.6 is 11.6 Å². The molecular formula is C26H38ClN7O3Si. The van der Waals surface area contributed by atoms with Crippen molar-refractivity contribution in [1.29, 1.82) is 0 Å². The van der Waals surface area contributed by atoms with Crippen LogP contribution in [-0.2, 0) is 16.2 Å². The van der Waals surface area contributed by atoms with Gasteiger partial charge in [0.1, 0.15) is 34.9 Å². The average Bonchev–Trinajstić information content (AvgIpc) is 3.17. The highest BCUT2D eigenvalue weighted by Gasteiger charge is 2.31. The van der Waals surface area contributed by atoms with Crippen LogP contribution in [0.15, 0.2) is 24.5 Å². The van der Waals surface area contributed by atoms with Crippen molar-refractivity contribution in [3.63, 3.8) is 0 Å². The van der Waals surface area contributed by atoms with E-state index < -0.39 is 13.7 Å². The number of fused-ring (bicyclic) bond motifs is 1. The van der Waals surface area contributed by atoms with Gasteiger partial charge < -0.3 is 19.3 Å². The van der Waals surface area contributed by atoms with Crippen molar-refractivity contribution in [3.8, 4) is 11.3 Å². The number of aromatic nitrogens is 5. The SMILES string of the molecule is C[C@@H]1CN(c2ccc(-c3nn(COCC[Si](C)(C)C)c4cnc(Cl)nc34)cn2)CCN1C(=O)OC(C)(C)C. The molecule has 0 N–H and O–H groups in total. The Balaban J connectivity index is 1.48. The highest BCUT2D eigenvalue weighted by Crippen LogP contribution is 2.28. The zero-order chi connectivity index (χ0) is 27.7. The van der Waals surface area contributed by atoms with Gasteiger partial charge in [0.2, 0.25) is 5.28 Å². The zero-order valence-electron chi connectivity index (χ0n) is 23.4. The van der Waals surface area contributed by atoms with Gasteiger partial charge in [0.25, 0.3) is 0 Å². The highest BCUT2D eigenvalue weighted by molar-refractivity contribution is 6.76. The zero-order valence-corrected chi connectivity index (χ0v) is 25.1. The lowest BCUT2D eigenvalue weighted by molar-refractivity contribution is 0.0158. The van der Waals surface area contributed by atoms with E-state index in [9.17, 15) is 4.79 Å². The van der Waals surface area contributed by atoms with Crippen molar-refractivity contribution < 1.29 is 14.3 Å². The predicted molar refractivity (Wildman–Crippen MR) is 152 cm³/mol. The number of halogens is 1. The highest BCUT2D eigenvalue weighted by atomic mass is 35.5. The van der Waals surface area contributed by atoms with E-state index in [4.69, 9.17) is 31.2 Å². The Morgan fingerprint density at radius 3 is 2.55 bits per heavy atom. The molecule has 0 bridgehead atoms. The summed E-state index contributed by atoms with van der Waals surface area (Å²) in [4.78, 5) is 29.8. The van der Waals surface area contributed by atoms with Crippen molar-refractivity contribution in [1.82, 2.24) is 29.6 Å². The Kier molecular flexibility index (Phi) is 8.29. The van der Waals surface area contributed by atoms with Gasteiger partial charge in [-0.05, 0) is 57.5 Å². The Labute approximate surface area is 230 Å². The average molecular weight is 560 g/mol. The summed E-state index contributed by atoms with van der Waals surface area (Å²) in [5, 5.41) is 4.94. The van der Waals surface area contributed by atoms with Crippen LogP contribution in [-0.4, -0.2) is 81.7 Å². The maximum Gasteiger partial charge on any atom is 0.410 e. The second-order valence-corrected chi connectivity index (χ2v) is 17.9. The first-order chi connectivity index (χ1) is 17.8. The third kappa shape index (κ3) is 7.00. The predicted octanol–water partition coefficient (Wildman–Crippen LogP) is 5.30. The van der Waals surface area contributed by atoms with E-state index >= 15 is 0 Å². The number of rotatable bonds is 7. The summed E-state index contributed by atoms with van der Waals surface area (Å²) in [7, 11) is -1.18. The Bertz CT molecular complexity index is 1270.